The lowest BCUT2D eigenvalue weighted by atomic mass is 10.0. The molecule has 0 radical (unpaired) electrons. The van der Waals surface area contributed by atoms with E-state index >= 15 is 0 Å². The molecule has 5 heteroatoms. The van der Waals surface area contributed by atoms with Crippen molar-refractivity contribution in [2.45, 2.75) is 26.8 Å². The van der Waals surface area contributed by atoms with Crippen molar-refractivity contribution in [3.8, 4) is 0 Å². The molecule has 1 fully saturated rings. The molecule has 25 heavy (non-hydrogen) atoms. The van der Waals surface area contributed by atoms with E-state index in [0.717, 1.165) is 41.3 Å². The molecule has 1 aromatic carbocycles. The summed E-state index contributed by atoms with van der Waals surface area (Å²) in [4.78, 5) is 14.9. The van der Waals surface area contributed by atoms with Crippen LogP contribution in [0.1, 0.15) is 39.0 Å². The molecule has 2 aromatic rings. The van der Waals surface area contributed by atoms with E-state index in [-0.39, 0.29) is 11.9 Å². The van der Waals surface area contributed by atoms with E-state index in [9.17, 15) is 4.79 Å². The number of hydrogen-bond donors (Lipinski definition) is 1. The van der Waals surface area contributed by atoms with Crippen molar-refractivity contribution in [2.75, 3.05) is 32.8 Å². The molecule has 2 heterocycles. The lowest BCUT2D eigenvalue weighted by Gasteiger charge is -2.33. The Balaban J connectivity index is 1.72. The third-order valence-electron chi connectivity index (χ3n) is 4.66. The van der Waals surface area contributed by atoms with Gasteiger partial charge < -0.3 is 14.5 Å². The maximum Gasteiger partial charge on any atom is 0.251 e. The zero-order valence-electron chi connectivity index (χ0n) is 15.2. The number of furan rings is 1. The van der Waals surface area contributed by atoms with Crippen LogP contribution < -0.4 is 5.32 Å². The number of ether oxygens (including phenoxy) is 1. The van der Waals surface area contributed by atoms with Crippen LogP contribution in [-0.2, 0) is 4.74 Å². The van der Waals surface area contributed by atoms with Gasteiger partial charge >= 0.3 is 0 Å². The van der Waals surface area contributed by atoms with Crippen molar-refractivity contribution < 1.29 is 13.9 Å². The molecule has 0 saturated carbocycles. The maximum absolute atomic E-state index is 12.6. The van der Waals surface area contributed by atoms with Crippen LogP contribution in [0, 0.1) is 20.8 Å². The van der Waals surface area contributed by atoms with Gasteiger partial charge in [-0.1, -0.05) is 17.7 Å². The highest BCUT2D eigenvalue weighted by Gasteiger charge is 2.26. The summed E-state index contributed by atoms with van der Waals surface area (Å²) in [7, 11) is 0. The molecule has 0 spiro atoms. The molecule has 0 bridgehead atoms. The van der Waals surface area contributed by atoms with E-state index in [0.29, 0.717) is 19.8 Å². The molecule has 1 unspecified atom stereocenters. The number of benzene rings is 1. The third-order valence-corrected chi connectivity index (χ3v) is 4.66. The minimum atomic E-state index is -0.0426. The van der Waals surface area contributed by atoms with Crippen LogP contribution in [0.2, 0.25) is 0 Å². The molecule has 5 nitrogen and oxygen atoms in total. The Hall–Kier alpha value is -2.11. The zero-order chi connectivity index (χ0) is 17.8. The molecule has 1 saturated heterocycles. The topological polar surface area (TPSA) is 54.7 Å². The van der Waals surface area contributed by atoms with Gasteiger partial charge in [-0.25, -0.2) is 0 Å². The SMILES string of the molecule is Cc1ccc(C(=O)NCC(c2ccc(C)o2)N2CCOCC2)c(C)c1. The monoisotopic (exact) mass is 342 g/mol. The first-order valence-electron chi connectivity index (χ1n) is 8.78. The first-order chi connectivity index (χ1) is 12.0. The number of morpholine rings is 1. The largest absolute Gasteiger partial charge is 0.465 e. The van der Waals surface area contributed by atoms with Crippen LogP contribution in [-0.4, -0.2) is 43.7 Å². The van der Waals surface area contributed by atoms with Crippen LogP contribution in [0.4, 0.5) is 0 Å². The number of hydrogen-bond acceptors (Lipinski definition) is 4. The Morgan fingerprint density at radius 1 is 1.16 bits per heavy atom. The molecule has 1 aliphatic rings. The fraction of sp³-hybridized carbons (Fsp3) is 0.450. The van der Waals surface area contributed by atoms with Crippen molar-refractivity contribution >= 4 is 5.91 Å². The molecule has 1 atom stereocenters. The predicted molar refractivity (Wildman–Crippen MR) is 96.8 cm³/mol. The Morgan fingerprint density at radius 2 is 1.92 bits per heavy atom. The molecule has 1 aromatic heterocycles. The maximum atomic E-state index is 12.6. The van der Waals surface area contributed by atoms with Crippen LogP contribution in [0.15, 0.2) is 34.7 Å². The highest BCUT2D eigenvalue weighted by Crippen LogP contribution is 2.23. The van der Waals surface area contributed by atoms with Crippen molar-refractivity contribution in [2.24, 2.45) is 0 Å². The van der Waals surface area contributed by atoms with Gasteiger partial charge in [0.15, 0.2) is 0 Å². The fourth-order valence-electron chi connectivity index (χ4n) is 3.28. The second kappa shape index (κ2) is 7.85. The zero-order valence-corrected chi connectivity index (χ0v) is 15.2. The predicted octanol–water partition coefficient (Wildman–Crippen LogP) is 3.01. The molecule has 3 rings (SSSR count). The van der Waals surface area contributed by atoms with Gasteiger partial charge in [0.2, 0.25) is 0 Å². The van der Waals surface area contributed by atoms with Crippen LogP contribution in [0.5, 0.6) is 0 Å². The van der Waals surface area contributed by atoms with Gasteiger partial charge in [-0.2, -0.15) is 0 Å². The normalized spacial score (nSPS) is 16.6. The quantitative estimate of drug-likeness (QED) is 0.907. The van der Waals surface area contributed by atoms with Crippen LogP contribution in [0.3, 0.4) is 0 Å². The highest BCUT2D eigenvalue weighted by atomic mass is 16.5. The van der Waals surface area contributed by atoms with E-state index in [4.69, 9.17) is 9.15 Å². The molecular formula is C20H26N2O3. The average Bonchev–Trinajstić information content (AvgIpc) is 3.02. The van der Waals surface area contributed by atoms with E-state index in [1.807, 2.05) is 51.1 Å². The van der Waals surface area contributed by atoms with Gasteiger partial charge in [0, 0.05) is 25.2 Å². The number of carbonyl (C=O) groups is 1. The summed E-state index contributed by atoms with van der Waals surface area (Å²) in [5, 5.41) is 3.08. The molecule has 1 aliphatic heterocycles. The second-order valence-electron chi connectivity index (χ2n) is 6.64. The van der Waals surface area contributed by atoms with E-state index in [2.05, 4.69) is 10.2 Å². The minimum absolute atomic E-state index is 0.0207. The summed E-state index contributed by atoms with van der Waals surface area (Å²) in [6, 6.07) is 9.88. The number of carbonyl (C=O) groups excluding carboxylic acids is 1. The molecule has 0 aliphatic carbocycles. The fourth-order valence-corrected chi connectivity index (χ4v) is 3.28. The minimum Gasteiger partial charge on any atom is -0.465 e. The summed E-state index contributed by atoms with van der Waals surface area (Å²) in [5.74, 6) is 1.73. The summed E-state index contributed by atoms with van der Waals surface area (Å²) in [6.45, 7) is 9.54. The van der Waals surface area contributed by atoms with E-state index in [1.165, 1.54) is 0 Å². The first-order valence-corrected chi connectivity index (χ1v) is 8.78. The number of nitrogens with zero attached hydrogens (tertiary/aromatic N) is 1. The van der Waals surface area contributed by atoms with Crippen molar-refractivity contribution in [1.82, 2.24) is 10.2 Å². The first kappa shape index (κ1) is 17.7. The van der Waals surface area contributed by atoms with Gasteiger partial charge in [-0.15, -0.1) is 0 Å². The van der Waals surface area contributed by atoms with Gasteiger partial charge in [-0.05, 0) is 44.5 Å². The third kappa shape index (κ3) is 4.30. The highest BCUT2D eigenvalue weighted by molar-refractivity contribution is 5.95. The van der Waals surface area contributed by atoms with Crippen molar-refractivity contribution in [1.29, 1.82) is 0 Å². The smallest absolute Gasteiger partial charge is 0.251 e. The Labute approximate surface area is 149 Å². The Morgan fingerprint density at radius 3 is 2.56 bits per heavy atom. The number of amides is 1. The van der Waals surface area contributed by atoms with Gasteiger partial charge in [-0.3, -0.25) is 9.69 Å². The number of rotatable bonds is 5. The molecule has 1 N–H and O–H groups in total. The van der Waals surface area contributed by atoms with Gasteiger partial charge in [0.25, 0.3) is 5.91 Å². The van der Waals surface area contributed by atoms with Gasteiger partial charge in [0.05, 0.1) is 19.3 Å². The van der Waals surface area contributed by atoms with Crippen molar-refractivity contribution in [3.05, 3.63) is 58.5 Å². The summed E-state index contributed by atoms with van der Waals surface area (Å²) < 4.78 is 11.3. The standard InChI is InChI=1S/C20H26N2O3/c1-14-4-6-17(15(2)12-14)20(23)21-13-18(19-7-5-16(3)25-19)22-8-10-24-11-9-22/h4-7,12,18H,8-11,13H2,1-3H3,(H,21,23). The lowest BCUT2D eigenvalue weighted by molar-refractivity contribution is 0.0117. The number of nitrogens with one attached hydrogen (secondary N) is 1. The number of aryl methyl sites for hydroxylation is 3. The summed E-state index contributed by atoms with van der Waals surface area (Å²) in [6.07, 6.45) is 0. The van der Waals surface area contributed by atoms with Crippen molar-refractivity contribution in [3.63, 3.8) is 0 Å². The second-order valence-corrected chi connectivity index (χ2v) is 6.64. The molecule has 1 amide bonds. The molecule has 134 valence electrons. The Bertz CT molecular complexity index is 732. The van der Waals surface area contributed by atoms with Crippen LogP contribution >= 0.6 is 0 Å². The lowest BCUT2D eigenvalue weighted by Crippen LogP contribution is -2.43. The van der Waals surface area contributed by atoms with Crippen LogP contribution in [0.25, 0.3) is 0 Å². The summed E-state index contributed by atoms with van der Waals surface area (Å²) in [5.41, 5.74) is 2.88. The molecular weight excluding hydrogens is 316 g/mol. The average molecular weight is 342 g/mol. The van der Waals surface area contributed by atoms with E-state index in [1.54, 1.807) is 0 Å². The Kier molecular flexibility index (Phi) is 5.56. The summed E-state index contributed by atoms with van der Waals surface area (Å²) >= 11 is 0. The van der Waals surface area contributed by atoms with Gasteiger partial charge in [0.1, 0.15) is 11.5 Å². The van der Waals surface area contributed by atoms with E-state index < -0.39 is 0 Å².